The lowest BCUT2D eigenvalue weighted by Crippen LogP contribution is -2.55. The van der Waals surface area contributed by atoms with E-state index < -0.39 is 0 Å². The van der Waals surface area contributed by atoms with Crippen molar-refractivity contribution in [1.82, 2.24) is 14.8 Å². The van der Waals surface area contributed by atoms with Gasteiger partial charge in [0.05, 0.1) is 0 Å². The number of carbonyl (C=O) groups excluding carboxylic acids is 2. The van der Waals surface area contributed by atoms with Crippen LogP contribution in [0.15, 0.2) is 23.1 Å². The van der Waals surface area contributed by atoms with Crippen molar-refractivity contribution in [3.8, 4) is 0 Å². The number of hydrogen-bond donors (Lipinski definition) is 1. The molecular formula is C15H19N3O3. The first-order valence-corrected chi connectivity index (χ1v) is 7.30. The summed E-state index contributed by atoms with van der Waals surface area (Å²) < 4.78 is 1.44. The first kappa shape index (κ1) is 13.9. The Morgan fingerprint density at radius 3 is 2.90 bits per heavy atom. The number of hydrogen-bond acceptors (Lipinski definition) is 3. The third-order valence-electron chi connectivity index (χ3n) is 4.46. The minimum Gasteiger partial charge on any atom is -0.353 e. The first-order chi connectivity index (χ1) is 10.0. The van der Waals surface area contributed by atoms with Gasteiger partial charge in [-0.15, -0.1) is 0 Å². The molecule has 2 amide bonds. The quantitative estimate of drug-likeness (QED) is 0.798. The Balaban J connectivity index is 1.73. The molecule has 1 N–H and O–H groups in total. The second kappa shape index (κ2) is 5.35. The van der Waals surface area contributed by atoms with Gasteiger partial charge >= 0.3 is 0 Å². The maximum atomic E-state index is 12.5. The summed E-state index contributed by atoms with van der Waals surface area (Å²) in [5.41, 5.74) is 0.261. The number of piperidine rings is 2. The normalized spacial score (nSPS) is 25.2. The third kappa shape index (κ3) is 2.70. The van der Waals surface area contributed by atoms with Crippen LogP contribution in [0.5, 0.6) is 0 Å². The van der Waals surface area contributed by atoms with Crippen molar-refractivity contribution in [2.45, 2.75) is 25.3 Å². The fraction of sp³-hybridized carbons (Fsp3) is 0.533. The molecule has 6 nitrogen and oxygen atoms in total. The van der Waals surface area contributed by atoms with Gasteiger partial charge in [0, 0.05) is 50.4 Å². The molecule has 0 radical (unpaired) electrons. The number of aromatic nitrogens is 1. The van der Waals surface area contributed by atoms with Gasteiger partial charge in [-0.05, 0) is 24.8 Å². The predicted octanol–water partition coefficient (Wildman–Crippen LogP) is 0.126. The number of aryl methyl sites for hydroxylation is 1. The van der Waals surface area contributed by atoms with Crippen LogP contribution < -0.4 is 10.9 Å². The monoisotopic (exact) mass is 289 g/mol. The number of carbonyl (C=O) groups is 2. The van der Waals surface area contributed by atoms with E-state index in [1.165, 1.54) is 10.6 Å². The van der Waals surface area contributed by atoms with Gasteiger partial charge in [-0.1, -0.05) is 0 Å². The molecule has 1 aromatic heterocycles. The number of likely N-dealkylation sites (tertiary alicyclic amines) is 1. The zero-order valence-corrected chi connectivity index (χ0v) is 12.0. The van der Waals surface area contributed by atoms with Gasteiger partial charge < -0.3 is 14.8 Å². The van der Waals surface area contributed by atoms with Crippen LogP contribution in [-0.2, 0) is 11.8 Å². The Kier molecular flexibility index (Phi) is 3.53. The zero-order valence-electron chi connectivity index (χ0n) is 12.0. The van der Waals surface area contributed by atoms with Gasteiger partial charge in [-0.3, -0.25) is 14.4 Å². The number of nitrogens with zero attached hydrogens (tertiary/aromatic N) is 2. The van der Waals surface area contributed by atoms with Gasteiger partial charge in [-0.2, -0.15) is 0 Å². The molecule has 2 atom stereocenters. The lowest BCUT2D eigenvalue weighted by Gasteiger charge is -2.41. The Morgan fingerprint density at radius 2 is 2.14 bits per heavy atom. The molecule has 0 bridgehead atoms. The van der Waals surface area contributed by atoms with Crippen molar-refractivity contribution >= 4 is 11.8 Å². The molecule has 3 heterocycles. The van der Waals surface area contributed by atoms with E-state index in [1.807, 2.05) is 0 Å². The number of pyridine rings is 1. The van der Waals surface area contributed by atoms with Gasteiger partial charge in [0.25, 0.3) is 11.5 Å². The first-order valence-electron chi connectivity index (χ1n) is 7.30. The van der Waals surface area contributed by atoms with E-state index in [0.717, 1.165) is 12.8 Å². The molecule has 21 heavy (non-hydrogen) atoms. The van der Waals surface area contributed by atoms with Crippen molar-refractivity contribution in [2.75, 3.05) is 13.1 Å². The topological polar surface area (TPSA) is 71.4 Å². The molecule has 2 aliphatic heterocycles. The molecule has 0 saturated carbocycles. The van der Waals surface area contributed by atoms with Crippen LogP contribution in [0, 0.1) is 5.92 Å². The van der Waals surface area contributed by atoms with E-state index in [0.29, 0.717) is 31.0 Å². The smallest absolute Gasteiger partial charge is 0.254 e. The van der Waals surface area contributed by atoms with Crippen molar-refractivity contribution in [3.63, 3.8) is 0 Å². The Hall–Kier alpha value is -2.11. The highest BCUT2D eigenvalue weighted by Gasteiger charge is 2.35. The average Bonchev–Trinajstić information content (AvgIpc) is 2.49. The van der Waals surface area contributed by atoms with Crippen LogP contribution in [-0.4, -0.2) is 40.4 Å². The summed E-state index contributed by atoms with van der Waals surface area (Å²) in [6.07, 6.45) is 3.77. The van der Waals surface area contributed by atoms with Crippen molar-refractivity contribution in [2.24, 2.45) is 13.0 Å². The number of nitrogens with one attached hydrogen (secondary N) is 1. The van der Waals surface area contributed by atoms with Gasteiger partial charge in [0.2, 0.25) is 5.91 Å². The second-order valence-electron chi connectivity index (χ2n) is 5.88. The fourth-order valence-corrected chi connectivity index (χ4v) is 3.16. The highest BCUT2D eigenvalue weighted by atomic mass is 16.2. The molecule has 3 rings (SSSR count). The maximum Gasteiger partial charge on any atom is 0.254 e. The number of fused-ring (bicyclic) bond motifs is 1. The van der Waals surface area contributed by atoms with E-state index >= 15 is 0 Å². The molecule has 1 aromatic rings. The second-order valence-corrected chi connectivity index (χ2v) is 5.88. The van der Waals surface area contributed by atoms with E-state index in [2.05, 4.69) is 5.32 Å². The summed E-state index contributed by atoms with van der Waals surface area (Å²) >= 11 is 0. The summed E-state index contributed by atoms with van der Waals surface area (Å²) in [5, 5.41) is 3.00. The lowest BCUT2D eigenvalue weighted by atomic mass is 9.85. The number of amides is 2. The molecule has 0 aliphatic carbocycles. The van der Waals surface area contributed by atoms with Gasteiger partial charge in [0.15, 0.2) is 0 Å². The maximum absolute atomic E-state index is 12.5. The molecule has 2 saturated heterocycles. The Morgan fingerprint density at radius 1 is 1.33 bits per heavy atom. The van der Waals surface area contributed by atoms with E-state index in [1.54, 1.807) is 24.2 Å². The highest BCUT2D eigenvalue weighted by molar-refractivity contribution is 5.94. The summed E-state index contributed by atoms with van der Waals surface area (Å²) in [5.74, 6) is 0.345. The molecule has 2 aliphatic rings. The molecule has 0 spiro atoms. The molecule has 112 valence electrons. The lowest BCUT2D eigenvalue weighted by molar-refractivity contribution is -0.125. The summed E-state index contributed by atoms with van der Waals surface area (Å²) in [6.45, 7) is 1.27. The van der Waals surface area contributed by atoms with Crippen LogP contribution in [0.3, 0.4) is 0 Å². The molecule has 2 unspecified atom stereocenters. The summed E-state index contributed by atoms with van der Waals surface area (Å²) in [4.78, 5) is 37.3. The minimum absolute atomic E-state index is 0.0944. The summed E-state index contributed by atoms with van der Waals surface area (Å²) in [6, 6.07) is 3.26. The molecule has 6 heteroatoms. The van der Waals surface area contributed by atoms with Crippen molar-refractivity contribution in [3.05, 3.63) is 34.2 Å². The van der Waals surface area contributed by atoms with E-state index in [4.69, 9.17) is 0 Å². The van der Waals surface area contributed by atoms with Crippen LogP contribution in [0.2, 0.25) is 0 Å². The largest absolute Gasteiger partial charge is 0.353 e. The average molecular weight is 289 g/mol. The molecule has 0 aromatic carbocycles. The number of rotatable bonds is 1. The Bertz CT molecular complexity index is 637. The SMILES string of the molecule is Cn1ccc(C(=O)N2CCC3NC(=O)CCC3C2)cc1=O. The van der Waals surface area contributed by atoms with Gasteiger partial charge in [0.1, 0.15) is 0 Å². The predicted molar refractivity (Wildman–Crippen MR) is 76.9 cm³/mol. The fourth-order valence-electron chi connectivity index (χ4n) is 3.16. The minimum atomic E-state index is -0.180. The van der Waals surface area contributed by atoms with Crippen molar-refractivity contribution in [1.29, 1.82) is 0 Å². The Labute approximate surface area is 122 Å². The zero-order chi connectivity index (χ0) is 15.0. The van der Waals surface area contributed by atoms with Crippen LogP contribution in [0.4, 0.5) is 0 Å². The van der Waals surface area contributed by atoms with Crippen LogP contribution in [0.25, 0.3) is 0 Å². The van der Waals surface area contributed by atoms with Crippen LogP contribution >= 0.6 is 0 Å². The standard InChI is InChI=1S/C15H19N3O3/c1-17-6-4-10(8-14(17)20)15(21)18-7-5-12-11(9-18)2-3-13(19)16-12/h4,6,8,11-12H,2-3,5,7,9H2,1H3,(H,16,19). The molecular weight excluding hydrogens is 270 g/mol. The third-order valence-corrected chi connectivity index (χ3v) is 4.46. The van der Waals surface area contributed by atoms with E-state index in [-0.39, 0.29) is 23.4 Å². The van der Waals surface area contributed by atoms with Crippen LogP contribution in [0.1, 0.15) is 29.6 Å². The summed E-state index contributed by atoms with van der Waals surface area (Å²) in [7, 11) is 1.66. The molecule has 2 fully saturated rings. The van der Waals surface area contributed by atoms with Crippen molar-refractivity contribution < 1.29 is 9.59 Å². The highest BCUT2D eigenvalue weighted by Crippen LogP contribution is 2.26. The van der Waals surface area contributed by atoms with Gasteiger partial charge in [-0.25, -0.2) is 0 Å². The van der Waals surface area contributed by atoms with E-state index in [9.17, 15) is 14.4 Å².